The van der Waals surface area contributed by atoms with Crippen molar-refractivity contribution in [2.75, 3.05) is 35.1 Å². The molecule has 2 N–H and O–H groups in total. The Hall–Kier alpha value is -5.53. The summed E-state index contributed by atoms with van der Waals surface area (Å²) in [5, 5.41) is 2.65. The number of anilines is 3. The fourth-order valence-electron chi connectivity index (χ4n) is 4.49. The Balaban J connectivity index is 1.33. The van der Waals surface area contributed by atoms with Gasteiger partial charge < -0.3 is 19.5 Å². The molecule has 13 heteroatoms. The molecular weight excluding hydrogens is 643 g/mol. The number of hydrogen-bond donors (Lipinski definition) is 2. The minimum Gasteiger partial charge on any atom is -0.497 e. The predicted octanol–water partition coefficient (Wildman–Crippen LogP) is 6.13. The molecule has 0 radical (unpaired) electrons. The van der Waals surface area contributed by atoms with Gasteiger partial charge in [0.05, 0.1) is 35.4 Å². The van der Waals surface area contributed by atoms with Gasteiger partial charge in [-0.05, 0) is 84.9 Å². The molecule has 5 rings (SSSR count). The smallest absolute Gasteiger partial charge is 0.264 e. The van der Waals surface area contributed by atoms with E-state index in [1.807, 2.05) is 18.2 Å². The van der Waals surface area contributed by atoms with Gasteiger partial charge in [-0.15, -0.1) is 0 Å². The highest BCUT2D eigenvalue weighted by molar-refractivity contribution is 7.93. The molecule has 5 aromatic rings. The van der Waals surface area contributed by atoms with Crippen molar-refractivity contribution in [3.05, 3.63) is 127 Å². The maximum atomic E-state index is 13.7. The van der Waals surface area contributed by atoms with Gasteiger partial charge in [0.1, 0.15) is 29.5 Å². The molecule has 0 aliphatic carbocycles. The molecule has 0 saturated carbocycles. The molecule has 0 saturated heterocycles. The number of hydrogen-bond acceptors (Lipinski definition) is 8. The van der Waals surface area contributed by atoms with Gasteiger partial charge in [-0.3, -0.25) is 13.8 Å². The lowest BCUT2D eigenvalue weighted by atomic mass is 10.3. The molecule has 0 heterocycles. The molecule has 0 spiro atoms. The van der Waals surface area contributed by atoms with Crippen LogP contribution in [0, 0.1) is 0 Å². The van der Waals surface area contributed by atoms with E-state index in [2.05, 4.69) is 10.0 Å². The van der Waals surface area contributed by atoms with Crippen LogP contribution in [-0.4, -0.2) is 43.5 Å². The summed E-state index contributed by atoms with van der Waals surface area (Å²) >= 11 is 0. The van der Waals surface area contributed by atoms with Crippen LogP contribution < -0.4 is 28.6 Å². The molecular formula is C34H31N3O8S2. The number of amides is 1. The molecule has 0 aromatic heterocycles. The summed E-state index contributed by atoms with van der Waals surface area (Å²) in [7, 11) is -5.32. The van der Waals surface area contributed by atoms with E-state index in [1.165, 1.54) is 56.7 Å². The Morgan fingerprint density at radius 3 is 1.87 bits per heavy atom. The molecule has 47 heavy (non-hydrogen) atoms. The van der Waals surface area contributed by atoms with Crippen LogP contribution in [0.15, 0.2) is 137 Å². The second-order valence-electron chi connectivity index (χ2n) is 9.98. The van der Waals surface area contributed by atoms with E-state index >= 15 is 0 Å². The lowest BCUT2D eigenvalue weighted by Gasteiger charge is -2.24. The van der Waals surface area contributed by atoms with Crippen molar-refractivity contribution in [2.45, 2.75) is 9.79 Å². The number of para-hydroxylation sites is 1. The minimum absolute atomic E-state index is 0.00661. The maximum Gasteiger partial charge on any atom is 0.264 e. The number of methoxy groups -OCH3 is 2. The van der Waals surface area contributed by atoms with Gasteiger partial charge in [0.15, 0.2) is 0 Å². The van der Waals surface area contributed by atoms with Crippen molar-refractivity contribution in [1.82, 2.24) is 0 Å². The van der Waals surface area contributed by atoms with Gasteiger partial charge in [0.25, 0.3) is 20.0 Å². The molecule has 1 amide bonds. The third kappa shape index (κ3) is 8.01. The van der Waals surface area contributed by atoms with E-state index in [0.717, 1.165) is 4.31 Å². The van der Waals surface area contributed by atoms with Crippen molar-refractivity contribution in [2.24, 2.45) is 0 Å². The van der Waals surface area contributed by atoms with Crippen molar-refractivity contribution in [1.29, 1.82) is 0 Å². The summed E-state index contributed by atoms with van der Waals surface area (Å²) in [6.45, 7) is -0.562. The van der Waals surface area contributed by atoms with Gasteiger partial charge in [0.2, 0.25) is 5.91 Å². The van der Waals surface area contributed by atoms with Crippen LogP contribution in [-0.2, 0) is 24.8 Å². The maximum absolute atomic E-state index is 13.7. The van der Waals surface area contributed by atoms with E-state index < -0.39 is 32.5 Å². The standard InChI is InChI=1S/C34H31N3O8S2/c1-43-29-19-22-33(44-2)32(23-29)36-46(39,40)30-20-13-25(14-21-30)35-34(38)24-37(47(41,42)31-11-7-4-8-12-31)26-15-17-28(18-16-26)45-27-9-5-3-6-10-27/h3-23,36H,24H2,1-2H3,(H,35,38). The summed E-state index contributed by atoms with van der Waals surface area (Å²) in [5.74, 6) is 1.18. The highest BCUT2D eigenvalue weighted by Gasteiger charge is 2.27. The number of sulfonamides is 2. The van der Waals surface area contributed by atoms with Gasteiger partial charge in [0, 0.05) is 11.8 Å². The number of nitrogens with one attached hydrogen (secondary N) is 2. The van der Waals surface area contributed by atoms with Gasteiger partial charge in [-0.25, -0.2) is 16.8 Å². The first-order valence-corrected chi connectivity index (χ1v) is 17.1. The zero-order valence-electron chi connectivity index (χ0n) is 25.4. The van der Waals surface area contributed by atoms with E-state index in [4.69, 9.17) is 14.2 Å². The first-order valence-electron chi connectivity index (χ1n) is 14.1. The van der Waals surface area contributed by atoms with E-state index in [9.17, 15) is 21.6 Å². The average molecular weight is 674 g/mol. The zero-order chi connectivity index (χ0) is 33.4. The first-order chi connectivity index (χ1) is 22.6. The van der Waals surface area contributed by atoms with E-state index in [1.54, 1.807) is 66.7 Å². The van der Waals surface area contributed by atoms with Crippen LogP contribution in [0.5, 0.6) is 23.0 Å². The average Bonchev–Trinajstić information content (AvgIpc) is 3.08. The largest absolute Gasteiger partial charge is 0.497 e. The molecule has 0 atom stereocenters. The number of carbonyl (C=O) groups is 1. The number of rotatable bonds is 13. The molecule has 5 aromatic carbocycles. The topological polar surface area (TPSA) is 140 Å². The molecule has 11 nitrogen and oxygen atoms in total. The number of carbonyl (C=O) groups excluding carboxylic acids is 1. The van der Waals surface area contributed by atoms with Crippen LogP contribution in [0.1, 0.15) is 0 Å². The quantitative estimate of drug-likeness (QED) is 0.152. The summed E-state index contributed by atoms with van der Waals surface area (Å²) in [4.78, 5) is 13.2. The lowest BCUT2D eigenvalue weighted by Crippen LogP contribution is -2.38. The second-order valence-corrected chi connectivity index (χ2v) is 13.5. The van der Waals surface area contributed by atoms with Gasteiger partial charge in [-0.1, -0.05) is 36.4 Å². The third-order valence-electron chi connectivity index (χ3n) is 6.82. The molecule has 0 fully saturated rings. The normalized spacial score (nSPS) is 11.3. The Labute approximate surface area is 273 Å². The molecule has 0 aliphatic rings. The first kappa shape index (κ1) is 32.9. The minimum atomic E-state index is -4.15. The Morgan fingerprint density at radius 2 is 1.26 bits per heavy atom. The van der Waals surface area contributed by atoms with E-state index in [0.29, 0.717) is 23.0 Å². The van der Waals surface area contributed by atoms with Crippen molar-refractivity contribution in [3.63, 3.8) is 0 Å². The van der Waals surface area contributed by atoms with Crippen LogP contribution in [0.2, 0.25) is 0 Å². The van der Waals surface area contributed by atoms with Crippen LogP contribution in [0.4, 0.5) is 17.1 Å². The number of benzene rings is 5. The van der Waals surface area contributed by atoms with Crippen molar-refractivity contribution < 1.29 is 35.8 Å². The highest BCUT2D eigenvalue weighted by atomic mass is 32.2. The Morgan fingerprint density at radius 1 is 0.660 bits per heavy atom. The number of nitrogens with zero attached hydrogens (tertiary/aromatic N) is 1. The highest BCUT2D eigenvalue weighted by Crippen LogP contribution is 2.31. The SMILES string of the molecule is COc1ccc(OC)c(NS(=O)(=O)c2ccc(NC(=O)CN(c3ccc(Oc4ccccc4)cc3)S(=O)(=O)c3ccccc3)cc2)c1. The third-order valence-corrected chi connectivity index (χ3v) is 9.99. The summed E-state index contributed by atoms with van der Waals surface area (Å²) in [5.41, 5.74) is 0.685. The molecule has 0 bridgehead atoms. The van der Waals surface area contributed by atoms with Crippen LogP contribution in [0.3, 0.4) is 0 Å². The van der Waals surface area contributed by atoms with E-state index in [-0.39, 0.29) is 26.9 Å². The fraction of sp³-hybridized carbons (Fsp3) is 0.0882. The molecule has 242 valence electrons. The monoisotopic (exact) mass is 673 g/mol. The Bertz CT molecular complexity index is 2040. The second kappa shape index (κ2) is 14.3. The van der Waals surface area contributed by atoms with Crippen molar-refractivity contribution >= 4 is 43.0 Å². The lowest BCUT2D eigenvalue weighted by molar-refractivity contribution is -0.114. The Kier molecular flexibility index (Phi) is 9.97. The zero-order valence-corrected chi connectivity index (χ0v) is 27.0. The van der Waals surface area contributed by atoms with Crippen molar-refractivity contribution in [3.8, 4) is 23.0 Å². The summed E-state index contributed by atoms with van der Waals surface area (Å²) in [6.07, 6.45) is 0. The predicted molar refractivity (Wildman–Crippen MR) is 179 cm³/mol. The summed E-state index contributed by atoms with van der Waals surface area (Å²) in [6, 6.07) is 33.3. The molecule has 0 aliphatic heterocycles. The number of ether oxygens (including phenoxy) is 3. The fourth-order valence-corrected chi connectivity index (χ4v) is 6.99. The van der Waals surface area contributed by atoms with Gasteiger partial charge >= 0.3 is 0 Å². The van der Waals surface area contributed by atoms with Gasteiger partial charge in [-0.2, -0.15) is 0 Å². The summed E-state index contributed by atoms with van der Waals surface area (Å²) < 4.78 is 73.4. The van der Waals surface area contributed by atoms with Crippen LogP contribution >= 0.6 is 0 Å². The molecule has 0 unspecified atom stereocenters. The van der Waals surface area contributed by atoms with Crippen LogP contribution in [0.25, 0.3) is 0 Å².